The summed E-state index contributed by atoms with van der Waals surface area (Å²) in [6.07, 6.45) is 6.40. The lowest BCUT2D eigenvalue weighted by atomic mass is 9.86. The van der Waals surface area contributed by atoms with Crippen molar-refractivity contribution < 1.29 is 0 Å². The van der Waals surface area contributed by atoms with Crippen LogP contribution >= 0.6 is 0 Å². The molecule has 0 amide bonds. The summed E-state index contributed by atoms with van der Waals surface area (Å²) >= 11 is 0. The van der Waals surface area contributed by atoms with Crippen molar-refractivity contribution in [2.75, 3.05) is 0 Å². The first-order valence-electron chi connectivity index (χ1n) is 7.93. The van der Waals surface area contributed by atoms with Gasteiger partial charge < -0.3 is 5.73 Å². The Morgan fingerprint density at radius 2 is 1.95 bits per heavy atom. The second kappa shape index (κ2) is 5.98. The lowest BCUT2D eigenvalue weighted by Gasteiger charge is -2.23. The highest BCUT2D eigenvalue weighted by Gasteiger charge is 2.25. The van der Waals surface area contributed by atoms with E-state index in [1.807, 2.05) is 4.68 Å². The highest BCUT2D eigenvalue weighted by molar-refractivity contribution is 5.45. The van der Waals surface area contributed by atoms with Crippen LogP contribution in [-0.2, 0) is 6.54 Å². The average Bonchev–Trinajstić information content (AvgIpc) is 2.94. The van der Waals surface area contributed by atoms with Gasteiger partial charge in [-0.05, 0) is 43.9 Å². The summed E-state index contributed by atoms with van der Waals surface area (Å²) < 4.78 is 2.04. The van der Waals surface area contributed by atoms with Crippen molar-refractivity contribution in [1.82, 2.24) is 15.0 Å². The minimum Gasteiger partial charge on any atom is -0.325 e. The van der Waals surface area contributed by atoms with Crippen LogP contribution in [0, 0.1) is 13.8 Å². The highest BCUT2D eigenvalue weighted by Crippen LogP contribution is 2.35. The van der Waals surface area contributed by atoms with E-state index in [4.69, 9.17) is 5.73 Å². The van der Waals surface area contributed by atoms with Crippen molar-refractivity contribution in [3.63, 3.8) is 0 Å². The molecule has 1 heterocycles. The summed E-state index contributed by atoms with van der Waals surface area (Å²) in [5.74, 6) is 0.548. The van der Waals surface area contributed by atoms with Crippen molar-refractivity contribution in [1.29, 1.82) is 0 Å². The van der Waals surface area contributed by atoms with E-state index in [2.05, 4.69) is 42.4 Å². The van der Waals surface area contributed by atoms with E-state index in [9.17, 15) is 0 Å². The number of aromatic nitrogens is 3. The molecule has 1 aromatic heterocycles. The Balaban J connectivity index is 2.10. The summed E-state index contributed by atoms with van der Waals surface area (Å²) in [6.45, 7) is 4.76. The number of benzene rings is 1. The molecule has 1 fully saturated rings. The smallest absolute Gasteiger partial charge is 0.100 e. The lowest BCUT2D eigenvalue weighted by molar-refractivity contribution is 0.427. The zero-order valence-corrected chi connectivity index (χ0v) is 13.0. The van der Waals surface area contributed by atoms with Gasteiger partial charge in [-0.25, -0.2) is 4.68 Å². The second-order valence-corrected chi connectivity index (χ2v) is 6.09. The molecule has 0 saturated heterocycles. The number of hydrogen-bond acceptors (Lipinski definition) is 3. The average molecular weight is 284 g/mol. The van der Waals surface area contributed by atoms with E-state index in [-0.39, 0.29) is 0 Å². The molecule has 2 N–H and O–H groups in total. The minimum absolute atomic E-state index is 0.469. The molecule has 1 aromatic carbocycles. The number of hydrogen-bond donors (Lipinski definition) is 1. The van der Waals surface area contributed by atoms with Gasteiger partial charge in [-0.2, -0.15) is 0 Å². The van der Waals surface area contributed by atoms with Crippen LogP contribution in [0.25, 0.3) is 5.69 Å². The van der Waals surface area contributed by atoms with Crippen molar-refractivity contribution >= 4 is 0 Å². The molecule has 4 nitrogen and oxygen atoms in total. The van der Waals surface area contributed by atoms with Crippen molar-refractivity contribution in [3.05, 3.63) is 40.7 Å². The van der Waals surface area contributed by atoms with E-state index >= 15 is 0 Å². The SMILES string of the molecule is Cc1cccc(-n2nnc(CN)c2C2CCCCC2)c1C. The highest BCUT2D eigenvalue weighted by atomic mass is 15.4. The first-order chi connectivity index (χ1) is 10.2. The first-order valence-corrected chi connectivity index (χ1v) is 7.93. The molecule has 4 heteroatoms. The van der Waals surface area contributed by atoms with Crippen LogP contribution in [0.15, 0.2) is 18.2 Å². The minimum atomic E-state index is 0.469. The van der Waals surface area contributed by atoms with Gasteiger partial charge in [-0.15, -0.1) is 5.10 Å². The topological polar surface area (TPSA) is 56.7 Å². The Morgan fingerprint density at radius 1 is 1.19 bits per heavy atom. The fraction of sp³-hybridized carbons (Fsp3) is 0.529. The second-order valence-electron chi connectivity index (χ2n) is 6.09. The summed E-state index contributed by atoms with van der Waals surface area (Å²) in [4.78, 5) is 0. The summed E-state index contributed by atoms with van der Waals surface area (Å²) in [6, 6.07) is 6.36. The predicted octanol–water partition coefficient (Wildman–Crippen LogP) is 3.39. The summed E-state index contributed by atoms with van der Waals surface area (Å²) in [5.41, 5.74) is 11.8. The van der Waals surface area contributed by atoms with Crippen molar-refractivity contribution in [3.8, 4) is 5.69 Å². The third-order valence-electron chi connectivity index (χ3n) is 4.77. The van der Waals surface area contributed by atoms with Gasteiger partial charge in [0.25, 0.3) is 0 Å². The van der Waals surface area contributed by atoms with E-state index < -0.39 is 0 Å². The number of nitrogens with zero attached hydrogens (tertiary/aromatic N) is 3. The number of aryl methyl sites for hydroxylation is 1. The van der Waals surface area contributed by atoms with E-state index in [0.29, 0.717) is 12.5 Å². The van der Waals surface area contributed by atoms with Crippen LogP contribution in [-0.4, -0.2) is 15.0 Å². The first kappa shape index (κ1) is 14.3. The quantitative estimate of drug-likeness (QED) is 0.940. The van der Waals surface area contributed by atoms with Crippen molar-refractivity contribution in [2.24, 2.45) is 5.73 Å². The molecule has 0 unspecified atom stereocenters. The molecule has 1 saturated carbocycles. The molecule has 0 aliphatic heterocycles. The standard InChI is InChI=1S/C17H24N4/c1-12-7-6-10-16(13(12)2)21-17(15(11-18)19-20-21)14-8-4-3-5-9-14/h6-7,10,14H,3-5,8-9,11,18H2,1-2H3. The maximum absolute atomic E-state index is 5.90. The van der Waals surface area contributed by atoms with Crippen LogP contribution in [0.4, 0.5) is 0 Å². The van der Waals surface area contributed by atoms with E-state index in [1.54, 1.807) is 0 Å². The van der Waals surface area contributed by atoms with Crippen LogP contribution < -0.4 is 5.73 Å². The third-order valence-corrected chi connectivity index (χ3v) is 4.77. The zero-order valence-electron chi connectivity index (χ0n) is 13.0. The third kappa shape index (κ3) is 2.60. The zero-order chi connectivity index (χ0) is 14.8. The number of nitrogens with two attached hydrogens (primary N) is 1. The molecular weight excluding hydrogens is 260 g/mol. The predicted molar refractivity (Wildman–Crippen MR) is 84.6 cm³/mol. The molecule has 0 spiro atoms. The monoisotopic (exact) mass is 284 g/mol. The van der Waals surface area contributed by atoms with Gasteiger partial charge in [0, 0.05) is 12.5 Å². The van der Waals surface area contributed by atoms with Gasteiger partial charge in [0.15, 0.2) is 0 Å². The largest absolute Gasteiger partial charge is 0.325 e. The van der Waals surface area contributed by atoms with Gasteiger partial charge >= 0.3 is 0 Å². The van der Waals surface area contributed by atoms with Gasteiger partial charge in [0.1, 0.15) is 5.69 Å². The fourth-order valence-electron chi connectivity index (χ4n) is 3.39. The van der Waals surface area contributed by atoms with Gasteiger partial charge in [-0.1, -0.05) is 36.6 Å². The van der Waals surface area contributed by atoms with E-state index in [0.717, 1.165) is 11.4 Å². The Labute approximate surface area is 126 Å². The van der Waals surface area contributed by atoms with Gasteiger partial charge in [-0.3, -0.25) is 0 Å². The molecule has 2 aromatic rings. The molecule has 1 aliphatic carbocycles. The Kier molecular flexibility index (Phi) is 4.06. The summed E-state index contributed by atoms with van der Waals surface area (Å²) in [7, 11) is 0. The van der Waals surface area contributed by atoms with Crippen molar-refractivity contribution in [2.45, 2.75) is 58.4 Å². The van der Waals surface area contributed by atoms with Gasteiger partial charge in [0.05, 0.1) is 11.4 Å². The van der Waals surface area contributed by atoms with Crippen LogP contribution in [0.3, 0.4) is 0 Å². The van der Waals surface area contributed by atoms with Gasteiger partial charge in [0.2, 0.25) is 0 Å². The van der Waals surface area contributed by atoms with Crippen LogP contribution in [0.1, 0.15) is 60.5 Å². The molecule has 21 heavy (non-hydrogen) atoms. The molecule has 0 bridgehead atoms. The van der Waals surface area contributed by atoms with Crippen LogP contribution in [0.5, 0.6) is 0 Å². The molecule has 112 valence electrons. The maximum atomic E-state index is 5.90. The molecule has 1 aliphatic rings. The molecule has 0 radical (unpaired) electrons. The molecule has 0 atom stereocenters. The normalized spacial score (nSPS) is 16.3. The Morgan fingerprint density at radius 3 is 2.67 bits per heavy atom. The van der Waals surface area contributed by atoms with E-state index in [1.165, 1.54) is 48.9 Å². The fourth-order valence-corrected chi connectivity index (χ4v) is 3.39. The lowest BCUT2D eigenvalue weighted by Crippen LogP contribution is -2.14. The molecule has 3 rings (SSSR count). The number of rotatable bonds is 3. The summed E-state index contributed by atoms with van der Waals surface area (Å²) in [5, 5.41) is 8.77. The van der Waals surface area contributed by atoms with Crippen LogP contribution in [0.2, 0.25) is 0 Å². The maximum Gasteiger partial charge on any atom is 0.100 e. The Bertz CT molecular complexity index is 624. The Hall–Kier alpha value is -1.68. The molecular formula is C17H24N4.